The van der Waals surface area contributed by atoms with Gasteiger partial charge in [-0.2, -0.15) is 0 Å². The number of amides is 1. The van der Waals surface area contributed by atoms with E-state index in [1.165, 1.54) is 0 Å². The van der Waals surface area contributed by atoms with Gasteiger partial charge in [-0.15, -0.1) is 0 Å². The smallest absolute Gasteiger partial charge is 0.522 e. The highest BCUT2D eigenvalue weighted by Crippen LogP contribution is 2.06. The monoisotopic (exact) mass is 173 g/mol. The van der Waals surface area contributed by atoms with Gasteiger partial charge in [0.2, 0.25) is 0 Å². The fourth-order valence-electron chi connectivity index (χ4n) is 0.532. The van der Waals surface area contributed by atoms with Crippen LogP contribution in [0.3, 0.4) is 0 Å². The highest BCUT2D eigenvalue weighted by atomic mass is 27.1. The second kappa shape index (κ2) is 4.63. The van der Waals surface area contributed by atoms with E-state index in [2.05, 4.69) is 5.32 Å². The lowest BCUT2D eigenvalue weighted by atomic mass is 10.0. The summed E-state index contributed by atoms with van der Waals surface area (Å²) in [6.45, 7) is 5.99. The van der Waals surface area contributed by atoms with Gasteiger partial charge in [0, 0.05) is 5.54 Å². The summed E-state index contributed by atoms with van der Waals surface area (Å²) >= 11 is -0.622. The van der Waals surface area contributed by atoms with Gasteiger partial charge in [0.25, 0.3) is 0 Å². The van der Waals surface area contributed by atoms with E-state index in [-0.39, 0.29) is 11.6 Å². The van der Waals surface area contributed by atoms with Crippen molar-refractivity contribution in [2.24, 2.45) is 0 Å². The standard InChI is InChI=1S/C6H13NO2.CH3.Al.H/c1-4-6(2,3)7-5(8)9;;;/h7H,4H2,1-3H3,(H,8,9);1H3;;/q;;+1;/p-1. The van der Waals surface area contributed by atoms with Gasteiger partial charge in [-0.25, -0.2) is 4.79 Å². The lowest BCUT2D eigenvalue weighted by Crippen LogP contribution is -2.43. The van der Waals surface area contributed by atoms with Crippen molar-refractivity contribution in [2.45, 2.75) is 38.5 Å². The minimum Gasteiger partial charge on any atom is -0.603 e. The molecule has 0 atom stereocenters. The molecule has 0 saturated carbocycles. The summed E-state index contributed by atoms with van der Waals surface area (Å²) in [6.07, 6.45) is 0.638. The van der Waals surface area contributed by atoms with Crippen LogP contribution in [0.5, 0.6) is 0 Å². The Balaban J connectivity index is 3.74. The quantitative estimate of drug-likeness (QED) is 0.653. The third-order valence-electron chi connectivity index (χ3n) is 1.60. The first kappa shape index (κ1) is 10.8. The number of rotatable bonds is 3. The molecule has 0 unspecified atom stereocenters. The van der Waals surface area contributed by atoms with Crippen LogP contribution < -0.4 is 5.32 Å². The van der Waals surface area contributed by atoms with Crippen molar-refractivity contribution in [1.29, 1.82) is 0 Å². The van der Waals surface area contributed by atoms with Crippen LogP contribution in [0.2, 0.25) is 5.79 Å². The van der Waals surface area contributed by atoms with Gasteiger partial charge in [0.1, 0.15) is 0 Å². The predicted molar refractivity (Wildman–Crippen MR) is 47.0 cm³/mol. The first-order valence-corrected chi connectivity index (χ1v) is 5.96. The molecule has 0 aromatic heterocycles. The van der Waals surface area contributed by atoms with E-state index in [1.54, 1.807) is 0 Å². The minimum atomic E-state index is -0.622. The molecule has 0 saturated heterocycles. The van der Waals surface area contributed by atoms with Crippen LogP contribution in [-0.4, -0.2) is 27.2 Å². The van der Waals surface area contributed by atoms with E-state index < -0.39 is 15.6 Å². The minimum absolute atomic E-state index is 0.138. The Hall–Kier alpha value is -0.198. The zero-order valence-electron chi connectivity index (χ0n) is 7.73. The van der Waals surface area contributed by atoms with Crippen molar-refractivity contribution >= 4 is 21.6 Å². The lowest BCUT2D eigenvalue weighted by Gasteiger charge is -2.24. The molecule has 0 radical (unpaired) electrons. The molecule has 0 aromatic carbocycles. The van der Waals surface area contributed by atoms with Gasteiger partial charge in [0.05, 0.1) is 0 Å². The van der Waals surface area contributed by atoms with E-state index in [0.717, 1.165) is 6.42 Å². The fraction of sp³-hybridized carbons (Fsp3) is 0.857. The van der Waals surface area contributed by atoms with Crippen LogP contribution in [0, 0.1) is 0 Å². The molecule has 1 amide bonds. The van der Waals surface area contributed by atoms with Gasteiger partial charge in [-0.05, 0) is 20.3 Å². The molecule has 3 nitrogen and oxygen atoms in total. The number of carbonyl (C=O) groups excluding carboxylic acids is 1. The fourth-order valence-corrected chi connectivity index (χ4v) is 0.866. The topological polar surface area (TPSA) is 38.3 Å². The average Bonchev–Trinajstić information content (AvgIpc) is 1.87. The molecule has 1 N–H and O–H groups in total. The molecule has 64 valence electrons. The molecular weight excluding hydrogens is 157 g/mol. The molecule has 4 heteroatoms. The van der Waals surface area contributed by atoms with Crippen LogP contribution in [0.1, 0.15) is 27.2 Å². The maximum atomic E-state index is 10.9. The molecule has 0 heterocycles. The van der Waals surface area contributed by atoms with Crippen molar-refractivity contribution in [1.82, 2.24) is 5.32 Å². The average molecular weight is 173 g/mol. The molecule has 0 aromatic rings. The largest absolute Gasteiger partial charge is 0.603 e. The highest BCUT2D eigenvalue weighted by Gasteiger charge is 2.17. The van der Waals surface area contributed by atoms with Crippen LogP contribution >= 0.6 is 0 Å². The van der Waals surface area contributed by atoms with Crippen molar-refractivity contribution in [3.63, 3.8) is 0 Å². The van der Waals surface area contributed by atoms with E-state index in [1.807, 2.05) is 26.6 Å². The van der Waals surface area contributed by atoms with Crippen molar-refractivity contribution in [3.8, 4) is 0 Å². The van der Waals surface area contributed by atoms with E-state index in [9.17, 15) is 4.79 Å². The predicted octanol–water partition coefficient (Wildman–Crippen LogP) is 1.30. The summed E-state index contributed by atoms with van der Waals surface area (Å²) in [7, 11) is 0. The third-order valence-corrected chi connectivity index (χ3v) is 2.15. The Labute approximate surface area is 74.5 Å². The summed E-state index contributed by atoms with van der Waals surface area (Å²) < 4.78 is 4.87. The van der Waals surface area contributed by atoms with Crippen LogP contribution in [0.25, 0.3) is 0 Å². The third kappa shape index (κ3) is 5.11. The Morgan fingerprint density at radius 3 is 2.55 bits per heavy atom. The second-order valence-electron chi connectivity index (χ2n) is 3.08. The molecule has 11 heavy (non-hydrogen) atoms. The van der Waals surface area contributed by atoms with Crippen molar-refractivity contribution in [2.75, 3.05) is 0 Å². The molecule has 0 bridgehead atoms. The van der Waals surface area contributed by atoms with Crippen molar-refractivity contribution < 1.29 is 8.58 Å². The van der Waals surface area contributed by atoms with Gasteiger partial charge in [-0.3, -0.25) is 0 Å². The van der Waals surface area contributed by atoms with Crippen LogP contribution in [-0.2, 0) is 3.79 Å². The summed E-state index contributed by atoms with van der Waals surface area (Å²) in [5, 5.41) is 2.78. The molecule has 0 aliphatic carbocycles. The Morgan fingerprint density at radius 1 is 1.64 bits per heavy atom. The first-order valence-electron chi connectivity index (χ1n) is 3.96. The molecular formula is C7H16AlNO2. The number of hydrogen-bond acceptors (Lipinski definition) is 2. The number of carbonyl (C=O) groups is 1. The summed E-state index contributed by atoms with van der Waals surface area (Å²) in [5.74, 6) is 1.93. The number of nitrogens with one attached hydrogen (secondary N) is 1. The SMILES string of the molecule is CCC(C)(C)NC(=O)[O][AlH][CH3]. The zero-order valence-corrected chi connectivity index (χ0v) is 9.14. The van der Waals surface area contributed by atoms with E-state index in [4.69, 9.17) is 3.79 Å². The molecule has 0 aliphatic heterocycles. The Bertz CT molecular complexity index is 136. The zero-order chi connectivity index (χ0) is 8.91. The molecule has 0 aliphatic rings. The summed E-state index contributed by atoms with van der Waals surface area (Å²) in [4.78, 5) is 10.9. The summed E-state index contributed by atoms with van der Waals surface area (Å²) in [6, 6.07) is 0. The van der Waals surface area contributed by atoms with Gasteiger partial charge in [-0.1, -0.05) is 12.7 Å². The normalized spacial score (nSPS) is 10.5. The van der Waals surface area contributed by atoms with Crippen LogP contribution in [0.15, 0.2) is 0 Å². The maximum Gasteiger partial charge on any atom is 0.522 e. The number of hydrogen-bond donors (Lipinski definition) is 1. The maximum absolute atomic E-state index is 10.9. The Kier molecular flexibility index (Phi) is 4.55. The van der Waals surface area contributed by atoms with Gasteiger partial charge < -0.3 is 9.11 Å². The van der Waals surface area contributed by atoms with E-state index in [0.29, 0.717) is 0 Å². The Morgan fingerprint density at radius 2 is 2.18 bits per heavy atom. The molecule has 0 spiro atoms. The molecule has 0 rings (SSSR count). The van der Waals surface area contributed by atoms with Gasteiger partial charge in [0.15, 0.2) is 0 Å². The first-order chi connectivity index (χ1) is 5.02. The summed E-state index contributed by atoms with van der Waals surface area (Å²) in [5.41, 5.74) is -0.138. The molecule has 0 fully saturated rings. The van der Waals surface area contributed by atoms with Gasteiger partial charge >= 0.3 is 21.6 Å². The van der Waals surface area contributed by atoms with E-state index >= 15 is 0 Å². The highest BCUT2D eigenvalue weighted by molar-refractivity contribution is 6.28. The van der Waals surface area contributed by atoms with Crippen LogP contribution in [0.4, 0.5) is 4.79 Å². The van der Waals surface area contributed by atoms with Crippen molar-refractivity contribution in [3.05, 3.63) is 0 Å². The lowest BCUT2D eigenvalue weighted by molar-refractivity contribution is 0.190. The second-order valence-corrected chi connectivity index (χ2v) is 3.95.